The van der Waals surface area contributed by atoms with Gasteiger partial charge in [-0.2, -0.15) is 0 Å². The Morgan fingerprint density at radius 3 is 2.75 bits per heavy atom. The Kier molecular flexibility index (Phi) is 6.97. The van der Waals surface area contributed by atoms with Crippen molar-refractivity contribution in [1.29, 1.82) is 0 Å². The van der Waals surface area contributed by atoms with Crippen molar-refractivity contribution < 1.29 is 13.9 Å². The molecule has 0 aliphatic rings. The van der Waals surface area contributed by atoms with E-state index in [9.17, 15) is 4.79 Å². The van der Waals surface area contributed by atoms with Crippen LogP contribution in [0, 0.1) is 0 Å². The highest BCUT2D eigenvalue weighted by atomic mass is 32.1. The standard InChI is InChI=1S/C21H23N3O3S/c1-2-3-4-5-12-26-17-8-6-16(7-9-17)23-21(28)24-20(25)19-13-15-14-22-11-10-18(15)27-19/h6-11,13-14H,2-5,12H2,1H3,(H2,23,24,25,28). The number of rotatable bonds is 8. The molecule has 1 aromatic carbocycles. The summed E-state index contributed by atoms with van der Waals surface area (Å²) in [5, 5.41) is 6.54. The number of fused-ring (bicyclic) bond motifs is 1. The summed E-state index contributed by atoms with van der Waals surface area (Å²) >= 11 is 5.21. The van der Waals surface area contributed by atoms with E-state index in [-0.39, 0.29) is 10.9 Å². The Labute approximate surface area is 169 Å². The number of carbonyl (C=O) groups is 1. The van der Waals surface area contributed by atoms with Crippen LogP contribution in [-0.2, 0) is 0 Å². The molecule has 0 atom stereocenters. The van der Waals surface area contributed by atoms with Crippen LogP contribution >= 0.6 is 12.2 Å². The summed E-state index contributed by atoms with van der Waals surface area (Å²) < 4.78 is 11.2. The highest BCUT2D eigenvalue weighted by Gasteiger charge is 2.13. The number of anilines is 1. The van der Waals surface area contributed by atoms with Gasteiger partial charge in [0.25, 0.3) is 5.91 Å². The maximum absolute atomic E-state index is 12.3. The number of furan rings is 1. The molecule has 146 valence electrons. The number of nitrogens with one attached hydrogen (secondary N) is 2. The first-order chi connectivity index (χ1) is 13.7. The van der Waals surface area contributed by atoms with Crippen LogP contribution in [0.3, 0.4) is 0 Å². The SMILES string of the molecule is CCCCCCOc1ccc(NC(=S)NC(=O)c2cc3cnccc3o2)cc1. The largest absolute Gasteiger partial charge is 0.494 e. The number of pyridine rings is 1. The predicted molar refractivity (Wildman–Crippen MR) is 114 cm³/mol. The molecule has 6 nitrogen and oxygen atoms in total. The fourth-order valence-corrected chi connectivity index (χ4v) is 2.89. The first-order valence-corrected chi connectivity index (χ1v) is 9.75. The van der Waals surface area contributed by atoms with Gasteiger partial charge in [0.15, 0.2) is 10.9 Å². The summed E-state index contributed by atoms with van der Waals surface area (Å²) in [5.74, 6) is 0.576. The fourth-order valence-electron chi connectivity index (χ4n) is 2.68. The zero-order valence-corrected chi connectivity index (χ0v) is 16.6. The van der Waals surface area contributed by atoms with E-state index in [2.05, 4.69) is 22.5 Å². The molecule has 0 bridgehead atoms. The molecular weight excluding hydrogens is 374 g/mol. The molecule has 3 rings (SSSR count). The van der Waals surface area contributed by atoms with Crippen LogP contribution in [0.1, 0.15) is 43.2 Å². The minimum atomic E-state index is -0.416. The van der Waals surface area contributed by atoms with Gasteiger partial charge in [0.05, 0.1) is 6.61 Å². The summed E-state index contributed by atoms with van der Waals surface area (Å²) in [7, 11) is 0. The Hall–Kier alpha value is -2.93. The third-order valence-electron chi connectivity index (χ3n) is 4.15. The number of nitrogens with zero attached hydrogens (tertiary/aromatic N) is 1. The maximum Gasteiger partial charge on any atom is 0.293 e. The second-order valence-electron chi connectivity index (χ2n) is 6.37. The van der Waals surface area contributed by atoms with E-state index >= 15 is 0 Å². The van der Waals surface area contributed by atoms with E-state index in [0.717, 1.165) is 23.2 Å². The smallest absolute Gasteiger partial charge is 0.293 e. The normalized spacial score (nSPS) is 10.6. The number of unbranched alkanes of at least 4 members (excludes halogenated alkanes) is 3. The summed E-state index contributed by atoms with van der Waals surface area (Å²) in [6.07, 6.45) is 7.94. The van der Waals surface area contributed by atoms with Gasteiger partial charge in [0, 0.05) is 23.5 Å². The summed E-state index contributed by atoms with van der Waals surface area (Å²) in [6.45, 7) is 2.90. The van der Waals surface area contributed by atoms with Gasteiger partial charge in [-0.1, -0.05) is 26.2 Å². The van der Waals surface area contributed by atoms with Gasteiger partial charge in [-0.3, -0.25) is 15.1 Å². The zero-order valence-electron chi connectivity index (χ0n) is 15.7. The first kappa shape index (κ1) is 19.8. The Balaban J connectivity index is 1.48. The molecule has 3 aromatic rings. The summed E-state index contributed by atoms with van der Waals surface area (Å²) in [5.41, 5.74) is 1.36. The predicted octanol–water partition coefficient (Wildman–Crippen LogP) is 4.91. The summed E-state index contributed by atoms with van der Waals surface area (Å²) in [6, 6.07) is 10.8. The van der Waals surface area contributed by atoms with Crippen LogP contribution in [0.5, 0.6) is 5.75 Å². The van der Waals surface area contributed by atoms with Crippen molar-refractivity contribution in [3.63, 3.8) is 0 Å². The van der Waals surface area contributed by atoms with Crippen LogP contribution in [0.25, 0.3) is 11.0 Å². The quantitative estimate of drug-likeness (QED) is 0.415. The van der Waals surface area contributed by atoms with E-state index in [1.807, 2.05) is 24.3 Å². The van der Waals surface area contributed by atoms with Crippen molar-refractivity contribution >= 4 is 39.9 Å². The van der Waals surface area contributed by atoms with Crippen molar-refractivity contribution in [2.75, 3.05) is 11.9 Å². The molecule has 0 aliphatic carbocycles. The Morgan fingerprint density at radius 1 is 1.18 bits per heavy atom. The molecule has 0 saturated heterocycles. The van der Waals surface area contributed by atoms with E-state index in [0.29, 0.717) is 12.2 Å². The molecule has 2 aromatic heterocycles. The van der Waals surface area contributed by atoms with E-state index in [4.69, 9.17) is 21.4 Å². The molecule has 0 aliphatic heterocycles. The van der Waals surface area contributed by atoms with Gasteiger partial charge in [0.2, 0.25) is 0 Å². The third-order valence-corrected chi connectivity index (χ3v) is 4.35. The lowest BCUT2D eigenvalue weighted by atomic mass is 10.2. The molecule has 1 amide bonds. The third kappa shape index (κ3) is 5.53. The molecule has 2 heterocycles. The lowest BCUT2D eigenvalue weighted by Crippen LogP contribution is -2.33. The number of hydrogen-bond donors (Lipinski definition) is 2. The van der Waals surface area contributed by atoms with Crippen LogP contribution in [0.2, 0.25) is 0 Å². The Morgan fingerprint density at radius 2 is 2.00 bits per heavy atom. The molecule has 7 heteroatoms. The zero-order chi connectivity index (χ0) is 19.8. The Bertz CT molecular complexity index is 904. The van der Waals surface area contributed by atoms with Gasteiger partial charge in [-0.15, -0.1) is 0 Å². The van der Waals surface area contributed by atoms with Gasteiger partial charge in [-0.05, 0) is 55.0 Å². The molecule has 0 saturated carbocycles. The van der Waals surface area contributed by atoms with Crippen LogP contribution < -0.4 is 15.4 Å². The van der Waals surface area contributed by atoms with E-state index < -0.39 is 5.91 Å². The molecule has 28 heavy (non-hydrogen) atoms. The second kappa shape index (κ2) is 9.85. The van der Waals surface area contributed by atoms with Gasteiger partial charge < -0.3 is 14.5 Å². The summed E-state index contributed by atoms with van der Waals surface area (Å²) in [4.78, 5) is 16.3. The fraction of sp³-hybridized carbons (Fsp3) is 0.286. The number of ether oxygens (including phenoxy) is 1. The molecule has 2 N–H and O–H groups in total. The minimum Gasteiger partial charge on any atom is -0.494 e. The molecule has 0 radical (unpaired) electrons. The van der Waals surface area contributed by atoms with Crippen molar-refractivity contribution in [2.45, 2.75) is 32.6 Å². The molecule has 0 unspecified atom stereocenters. The number of aromatic nitrogens is 1. The number of thiocarbonyl (C=S) groups is 1. The highest BCUT2D eigenvalue weighted by molar-refractivity contribution is 7.80. The average Bonchev–Trinajstić information content (AvgIpc) is 3.13. The molecular formula is C21H23N3O3S. The number of amides is 1. The molecule has 0 spiro atoms. The van der Waals surface area contributed by atoms with Gasteiger partial charge in [-0.25, -0.2) is 0 Å². The van der Waals surface area contributed by atoms with Gasteiger partial charge >= 0.3 is 0 Å². The highest BCUT2D eigenvalue weighted by Crippen LogP contribution is 2.18. The van der Waals surface area contributed by atoms with E-state index in [1.54, 1.807) is 24.5 Å². The number of benzene rings is 1. The number of hydrogen-bond acceptors (Lipinski definition) is 5. The topological polar surface area (TPSA) is 76.4 Å². The first-order valence-electron chi connectivity index (χ1n) is 9.34. The molecule has 0 fully saturated rings. The van der Waals surface area contributed by atoms with Crippen molar-refractivity contribution in [3.05, 3.63) is 54.6 Å². The van der Waals surface area contributed by atoms with E-state index in [1.165, 1.54) is 19.3 Å². The minimum absolute atomic E-state index is 0.180. The van der Waals surface area contributed by atoms with Crippen molar-refractivity contribution in [2.24, 2.45) is 0 Å². The van der Waals surface area contributed by atoms with Crippen molar-refractivity contribution in [1.82, 2.24) is 10.3 Å². The monoisotopic (exact) mass is 397 g/mol. The van der Waals surface area contributed by atoms with Crippen LogP contribution in [0.4, 0.5) is 5.69 Å². The van der Waals surface area contributed by atoms with Crippen LogP contribution in [0.15, 0.2) is 53.2 Å². The maximum atomic E-state index is 12.3. The van der Waals surface area contributed by atoms with Crippen molar-refractivity contribution in [3.8, 4) is 5.75 Å². The average molecular weight is 398 g/mol. The number of carbonyl (C=O) groups excluding carboxylic acids is 1. The second-order valence-corrected chi connectivity index (χ2v) is 6.77. The lowest BCUT2D eigenvalue weighted by Gasteiger charge is -2.10. The lowest BCUT2D eigenvalue weighted by molar-refractivity contribution is 0.0953. The van der Waals surface area contributed by atoms with Crippen LogP contribution in [-0.4, -0.2) is 22.6 Å². The van der Waals surface area contributed by atoms with Gasteiger partial charge in [0.1, 0.15) is 11.3 Å².